The standard InChI is InChI=1S/C18H22N4O3/c1-12-4-8-19-14(11-12)17(23)22-9-6-18(7-10-22)5-3-15(24-18)16-20-13(2)21-25-16/h4,8,11,15H,3,5-7,9-10H2,1-2H3/t15-/m0/s1. The molecule has 0 aromatic carbocycles. The molecule has 2 aromatic heterocycles. The van der Waals surface area contributed by atoms with Crippen molar-refractivity contribution in [2.24, 2.45) is 0 Å². The van der Waals surface area contributed by atoms with Crippen LogP contribution in [0.2, 0.25) is 0 Å². The molecule has 0 radical (unpaired) electrons. The largest absolute Gasteiger partial charge is 0.362 e. The van der Waals surface area contributed by atoms with Crippen molar-refractivity contribution >= 4 is 5.91 Å². The summed E-state index contributed by atoms with van der Waals surface area (Å²) in [4.78, 5) is 23.0. The molecule has 7 heteroatoms. The number of hydrogen-bond acceptors (Lipinski definition) is 6. The molecule has 1 amide bonds. The number of carbonyl (C=O) groups is 1. The van der Waals surface area contributed by atoms with E-state index in [4.69, 9.17) is 9.26 Å². The first-order valence-corrected chi connectivity index (χ1v) is 8.75. The lowest BCUT2D eigenvalue weighted by Gasteiger charge is -2.38. The fourth-order valence-corrected chi connectivity index (χ4v) is 3.73. The topological polar surface area (TPSA) is 81.4 Å². The van der Waals surface area contributed by atoms with E-state index < -0.39 is 0 Å². The van der Waals surface area contributed by atoms with Crippen LogP contribution in [-0.4, -0.2) is 44.6 Å². The van der Waals surface area contributed by atoms with Crippen LogP contribution in [0.3, 0.4) is 0 Å². The van der Waals surface area contributed by atoms with Crippen molar-refractivity contribution < 1.29 is 14.1 Å². The van der Waals surface area contributed by atoms with E-state index in [-0.39, 0.29) is 17.6 Å². The smallest absolute Gasteiger partial charge is 0.272 e. The molecule has 25 heavy (non-hydrogen) atoms. The molecule has 2 saturated heterocycles. The zero-order chi connectivity index (χ0) is 17.4. The second kappa shape index (κ2) is 6.22. The summed E-state index contributed by atoms with van der Waals surface area (Å²) in [5.74, 6) is 1.20. The molecular formula is C18H22N4O3. The molecule has 0 unspecified atom stereocenters. The van der Waals surface area contributed by atoms with E-state index in [1.165, 1.54) is 0 Å². The summed E-state index contributed by atoms with van der Waals surface area (Å²) in [5.41, 5.74) is 1.38. The van der Waals surface area contributed by atoms with E-state index in [1.807, 2.05) is 24.0 Å². The van der Waals surface area contributed by atoms with Crippen LogP contribution in [0, 0.1) is 13.8 Å². The molecule has 1 spiro atoms. The predicted octanol–water partition coefficient (Wildman–Crippen LogP) is 2.61. The van der Waals surface area contributed by atoms with Crippen LogP contribution < -0.4 is 0 Å². The lowest BCUT2D eigenvalue weighted by molar-refractivity contribution is -0.0821. The Bertz CT molecular complexity index is 780. The van der Waals surface area contributed by atoms with Crippen molar-refractivity contribution in [1.29, 1.82) is 0 Å². The van der Waals surface area contributed by atoms with Gasteiger partial charge in [0.05, 0.1) is 5.60 Å². The quantitative estimate of drug-likeness (QED) is 0.834. The van der Waals surface area contributed by atoms with E-state index in [9.17, 15) is 4.79 Å². The van der Waals surface area contributed by atoms with Gasteiger partial charge in [0.1, 0.15) is 11.8 Å². The second-order valence-electron chi connectivity index (χ2n) is 7.02. The van der Waals surface area contributed by atoms with E-state index in [0.717, 1.165) is 31.2 Å². The number of ether oxygens (including phenoxy) is 1. The molecule has 0 aliphatic carbocycles. The summed E-state index contributed by atoms with van der Waals surface area (Å²) in [6.45, 7) is 5.14. The highest BCUT2D eigenvalue weighted by Crippen LogP contribution is 2.44. The number of aromatic nitrogens is 3. The Morgan fingerprint density at radius 2 is 2.08 bits per heavy atom. The third-order valence-electron chi connectivity index (χ3n) is 5.17. The Morgan fingerprint density at radius 3 is 2.76 bits per heavy atom. The van der Waals surface area contributed by atoms with Crippen LogP contribution >= 0.6 is 0 Å². The van der Waals surface area contributed by atoms with Gasteiger partial charge in [-0.3, -0.25) is 9.78 Å². The lowest BCUT2D eigenvalue weighted by Crippen LogP contribution is -2.46. The fourth-order valence-electron chi connectivity index (χ4n) is 3.73. The Balaban J connectivity index is 1.39. The summed E-state index contributed by atoms with van der Waals surface area (Å²) < 4.78 is 11.5. The molecule has 2 fully saturated rings. The van der Waals surface area contributed by atoms with Gasteiger partial charge in [0.2, 0.25) is 0 Å². The summed E-state index contributed by atoms with van der Waals surface area (Å²) >= 11 is 0. The molecule has 2 aromatic rings. The van der Waals surface area contributed by atoms with Gasteiger partial charge in [-0.2, -0.15) is 4.98 Å². The molecule has 2 aliphatic heterocycles. The summed E-state index contributed by atoms with van der Waals surface area (Å²) in [7, 11) is 0. The third kappa shape index (κ3) is 3.16. The lowest BCUT2D eigenvalue weighted by atomic mass is 9.88. The highest BCUT2D eigenvalue weighted by atomic mass is 16.5. The minimum atomic E-state index is -0.177. The molecule has 4 heterocycles. The number of nitrogens with zero attached hydrogens (tertiary/aromatic N) is 4. The van der Waals surface area contributed by atoms with Gasteiger partial charge >= 0.3 is 0 Å². The Morgan fingerprint density at radius 1 is 1.28 bits per heavy atom. The van der Waals surface area contributed by atoms with Gasteiger partial charge < -0.3 is 14.2 Å². The Hall–Kier alpha value is -2.28. The number of amides is 1. The second-order valence-corrected chi connectivity index (χ2v) is 7.02. The van der Waals surface area contributed by atoms with E-state index in [0.29, 0.717) is 30.5 Å². The molecule has 0 saturated carbocycles. The van der Waals surface area contributed by atoms with Crippen molar-refractivity contribution in [3.63, 3.8) is 0 Å². The maximum atomic E-state index is 12.6. The third-order valence-corrected chi connectivity index (χ3v) is 5.17. The fraction of sp³-hybridized carbons (Fsp3) is 0.556. The van der Waals surface area contributed by atoms with Crippen molar-refractivity contribution in [3.8, 4) is 0 Å². The van der Waals surface area contributed by atoms with Crippen molar-refractivity contribution in [2.45, 2.75) is 51.2 Å². The van der Waals surface area contributed by atoms with Gasteiger partial charge in [0.15, 0.2) is 5.82 Å². The van der Waals surface area contributed by atoms with Crippen LogP contribution in [0.25, 0.3) is 0 Å². The molecule has 0 bridgehead atoms. The molecule has 4 rings (SSSR count). The highest BCUT2D eigenvalue weighted by molar-refractivity contribution is 5.92. The molecule has 2 aliphatic rings. The zero-order valence-corrected chi connectivity index (χ0v) is 14.6. The summed E-state index contributed by atoms with van der Waals surface area (Å²) in [5, 5.41) is 3.84. The van der Waals surface area contributed by atoms with Gasteiger partial charge in [-0.1, -0.05) is 5.16 Å². The maximum absolute atomic E-state index is 12.6. The first-order chi connectivity index (χ1) is 12.0. The zero-order valence-electron chi connectivity index (χ0n) is 14.6. The van der Waals surface area contributed by atoms with Crippen molar-refractivity contribution in [3.05, 3.63) is 41.3 Å². The van der Waals surface area contributed by atoms with Gasteiger partial charge in [0.25, 0.3) is 11.8 Å². The van der Waals surface area contributed by atoms with Gasteiger partial charge in [-0.15, -0.1) is 0 Å². The van der Waals surface area contributed by atoms with Gasteiger partial charge in [-0.05, 0) is 57.2 Å². The van der Waals surface area contributed by atoms with Crippen LogP contribution in [0.15, 0.2) is 22.9 Å². The predicted molar refractivity (Wildman–Crippen MR) is 88.9 cm³/mol. The Kier molecular flexibility index (Phi) is 4.03. The first-order valence-electron chi connectivity index (χ1n) is 8.75. The maximum Gasteiger partial charge on any atom is 0.272 e. The van der Waals surface area contributed by atoms with E-state index in [1.54, 1.807) is 13.1 Å². The van der Waals surface area contributed by atoms with E-state index >= 15 is 0 Å². The monoisotopic (exact) mass is 342 g/mol. The minimum absolute atomic E-state index is 0.000577. The molecule has 7 nitrogen and oxygen atoms in total. The average molecular weight is 342 g/mol. The molecule has 1 atom stereocenters. The van der Waals surface area contributed by atoms with Gasteiger partial charge in [-0.25, -0.2) is 0 Å². The Labute approximate surface area is 146 Å². The van der Waals surface area contributed by atoms with Crippen LogP contribution in [0.4, 0.5) is 0 Å². The van der Waals surface area contributed by atoms with Crippen LogP contribution in [0.1, 0.15) is 59.6 Å². The van der Waals surface area contributed by atoms with Gasteiger partial charge in [0, 0.05) is 19.3 Å². The van der Waals surface area contributed by atoms with Crippen LogP contribution in [-0.2, 0) is 4.74 Å². The number of rotatable bonds is 2. The van der Waals surface area contributed by atoms with Crippen LogP contribution in [0.5, 0.6) is 0 Å². The summed E-state index contributed by atoms with van der Waals surface area (Å²) in [6.07, 6.45) is 5.06. The van der Waals surface area contributed by atoms with Crippen molar-refractivity contribution in [2.75, 3.05) is 13.1 Å². The summed E-state index contributed by atoms with van der Waals surface area (Å²) in [6, 6.07) is 3.74. The number of carbonyl (C=O) groups excluding carboxylic acids is 1. The minimum Gasteiger partial charge on any atom is -0.362 e. The van der Waals surface area contributed by atoms with Crippen molar-refractivity contribution in [1.82, 2.24) is 20.0 Å². The first kappa shape index (κ1) is 16.2. The average Bonchev–Trinajstić information content (AvgIpc) is 3.22. The normalized spacial score (nSPS) is 22.5. The highest BCUT2D eigenvalue weighted by Gasteiger charge is 2.45. The number of pyridine rings is 1. The molecule has 0 N–H and O–H groups in total. The molecule has 132 valence electrons. The number of piperidine rings is 1. The molecular weight excluding hydrogens is 320 g/mol. The number of hydrogen-bond donors (Lipinski definition) is 0. The SMILES string of the molecule is Cc1ccnc(C(=O)N2CCC3(CC[C@@H](c4nc(C)no4)O3)CC2)c1. The van der Waals surface area contributed by atoms with E-state index in [2.05, 4.69) is 15.1 Å². The number of aryl methyl sites for hydroxylation is 2. The number of likely N-dealkylation sites (tertiary alicyclic amines) is 1.